The first-order valence-corrected chi connectivity index (χ1v) is 12.6. The van der Waals surface area contributed by atoms with Crippen molar-refractivity contribution >= 4 is 0 Å². The summed E-state index contributed by atoms with van der Waals surface area (Å²) in [6.45, 7) is 6.86. The van der Waals surface area contributed by atoms with Crippen LogP contribution in [0.3, 0.4) is 0 Å². The van der Waals surface area contributed by atoms with Crippen LogP contribution in [-0.2, 0) is 6.61 Å². The van der Waals surface area contributed by atoms with Gasteiger partial charge in [0, 0.05) is 0 Å². The normalized spacial score (nSPS) is 16.5. The van der Waals surface area contributed by atoms with Gasteiger partial charge in [-0.25, -0.2) is 9.97 Å². The Morgan fingerprint density at radius 1 is 0.971 bits per heavy atom. The molecule has 1 aliphatic heterocycles. The van der Waals surface area contributed by atoms with Gasteiger partial charge in [-0.2, -0.15) is 0 Å². The van der Waals surface area contributed by atoms with Crippen LogP contribution in [0.5, 0.6) is 5.75 Å². The number of rotatable bonds is 10. The van der Waals surface area contributed by atoms with Crippen LogP contribution in [0.25, 0.3) is 22.5 Å². The number of hydrogen-bond donors (Lipinski definition) is 4. The highest BCUT2D eigenvalue weighted by Gasteiger charge is 2.19. The molecule has 4 N–H and O–H groups in total. The maximum atomic E-state index is 6.02. The lowest BCUT2D eigenvalue weighted by Crippen LogP contribution is -2.20. The summed E-state index contributed by atoms with van der Waals surface area (Å²) >= 11 is 0. The second kappa shape index (κ2) is 10.9. The van der Waals surface area contributed by atoms with Crippen LogP contribution in [0.1, 0.15) is 62.4 Å². The molecule has 5 rings (SSSR count). The van der Waals surface area contributed by atoms with E-state index in [9.17, 15) is 0 Å². The third kappa shape index (κ3) is 5.63. The molecule has 1 fully saturated rings. The van der Waals surface area contributed by atoms with E-state index in [2.05, 4.69) is 80.8 Å². The Bertz CT molecular complexity index is 1200. The van der Waals surface area contributed by atoms with E-state index >= 15 is 0 Å². The van der Waals surface area contributed by atoms with Gasteiger partial charge < -0.3 is 25.3 Å². The zero-order valence-corrected chi connectivity index (χ0v) is 20.5. The Kier molecular flexibility index (Phi) is 7.25. The summed E-state index contributed by atoms with van der Waals surface area (Å²) in [7, 11) is 0. The molecular formula is C28H34N6O. The molecule has 0 radical (unpaired) electrons. The number of hydrogen-bond acceptors (Lipinski definition) is 5. The molecule has 0 aliphatic carbocycles. The van der Waals surface area contributed by atoms with Crippen LogP contribution >= 0.6 is 0 Å². The molecule has 0 bridgehead atoms. The molecule has 7 heteroatoms. The van der Waals surface area contributed by atoms with Crippen molar-refractivity contribution in [1.29, 1.82) is 0 Å². The molecule has 0 saturated carbocycles. The summed E-state index contributed by atoms with van der Waals surface area (Å²) in [5.41, 5.74) is 5.41. The highest BCUT2D eigenvalue weighted by Crippen LogP contribution is 2.25. The number of aromatic amines is 2. The van der Waals surface area contributed by atoms with Crippen LogP contribution in [0, 0.1) is 0 Å². The van der Waals surface area contributed by atoms with E-state index in [0.29, 0.717) is 12.6 Å². The van der Waals surface area contributed by atoms with E-state index in [-0.39, 0.29) is 6.04 Å². The van der Waals surface area contributed by atoms with Gasteiger partial charge in [0.1, 0.15) is 24.0 Å². The van der Waals surface area contributed by atoms with E-state index in [1.165, 1.54) is 6.42 Å². The minimum Gasteiger partial charge on any atom is -0.489 e. The average Bonchev–Trinajstić information content (AvgIpc) is 3.68. The summed E-state index contributed by atoms with van der Waals surface area (Å²) < 4.78 is 6.02. The number of imidazole rings is 2. The summed E-state index contributed by atoms with van der Waals surface area (Å²) in [6, 6.07) is 17.2. The van der Waals surface area contributed by atoms with E-state index in [0.717, 1.165) is 71.4 Å². The quantitative estimate of drug-likeness (QED) is 0.245. The second-order valence-corrected chi connectivity index (χ2v) is 9.20. The predicted molar refractivity (Wildman–Crippen MR) is 139 cm³/mol. The zero-order chi connectivity index (χ0) is 24.0. The smallest absolute Gasteiger partial charge is 0.123 e. The first kappa shape index (κ1) is 23.3. The molecule has 2 aromatic heterocycles. The molecular weight excluding hydrogens is 436 g/mol. The fourth-order valence-corrected chi connectivity index (χ4v) is 4.42. The first-order valence-electron chi connectivity index (χ1n) is 12.6. The lowest BCUT2D eigenvalue weighted by Gasteiger charge is -2.10. The third-order valence-electron chi connectivity index (χ3n) is 6.53. The van der Waals surface area contributed by atoms with Crippen molar-refractivity contribution in [3.8, 4) is 28.3 Å². The van der Waals surface area contributed by atoms with Crippen molar-refractivity contribution in [2.45, 2.75) is 51.8 Å². The van der Waals surface area contributed by atoms with Gasteiger partial charge in [0.25, 0.3) is 0 Å². The number of ether oxygens (including phenoxy) is 1. The Labute approximate surface area is 206 Å². The van der Waals surface area contributed by atoms with Crippen LogP contribution in [0.15, 0.2) is 60.9 Å². The topological polar surface area (TPSA) is 90.7 Å². The molecule has 35 heavy (non-hydrogen) atoms. The molecule has 3 heterocycles. The van der Waals surface area contributed by atoms with Gasteiger partial charge >= 0.3 is 0 Å². The monoisotopic (exact) mass is 470 g/mol. The largest absolute Gasteiger partial charge is 0.489 e. The minimum atomic E-state index is 0.206. The maximum Gasteiger partial charge on any atom is 0.123 e. The van der Waals surface area contributed by atoms with Gasteiger partial charge in [-0.3, -0.25) is 0 Å². The molecule has 182 valence electrons. The van der Waals surface area contributed by atoms with E-state index in [4.69, 9.17) is 4.74 Å². The van der Waals surface area contributed by atoms with E-state index in [1.807, 2.05) is 24.5 Å². The Hall–Kier alpha value is -3.42. The minimum absolute atomic E-state index is 0.206. The average molecular weight is 471 g/mol. The molecule has 1 aliphatic rings. The molecule has 0 unspecified atom stereocenters. The van der Waals surface area contributed by atoms with Crippen LogP contribution in [0.2, 0.25) is 0 Å². The Morgan fingerprint density at radius 3 is 2.40 bits per heavy atom. The predicted octanol–water partition coefficient (Wildman–Crippen LogP) is 5.53. The molecule has 2 atom stereocenters. The molecule has 0 amide bonds. The lowest BCUT2D eigenvalue weighted by atomic mass is 10.1. The van der Waals surface area contributed by atoms with Gasteiger partial charge in [0.15, 0.2) is 0 Å². The van der Waals surface area contributed by atoms with Crippen molar-refractivity contribution in [3.05, 3.63) is 78.1 Å². The van der Waals surface area contributed by atoms with Crippen molar-refractivity contribution in [3.63, 3.8) is 0 Å². The van der Waals surface area contributed by atoms with Crippen LogP contribution in [0.4, 0.5) is 0 Å². The Morgan fingerprint density at radius 2 is 1.69 bits per heavy atom. The van der Waals surface area contributed by atoms with E-state index in [1.54, 1.807) is 0 Å². The number of nitrogens with one attached hydrogen (secondary N) is 4. The summed E-state index contributed by atoms with van der Waals surface area (Å²) in [5.74, 6) is 2.83. The standard InChI is InChI=1S/C28H34N6O/c1-3-14-29-19(2)27-31-16-25(33-27)22-10-12-23(13-11-22)35-18-20-6-8-21(9-7-20)26-17-32-28(34-26)24-5-4-15-30-24/h6-13,16-17,19,24,29-30H,3-5,14-15,18H2,1-2H3,(H,31,33)(H,32,34)/t19-,24-/m0/s1. The number of benzene rings is 2. The number of aromatic nitrogens is 4. The fourth-order valence-electron chi connectivity index (χ4n) is 4.42. The zero-order valence-electron chi connectivity index (χ0n) is 20.5. The van der Waals surface area contributed by atoms with Crippen LogP contribution < -0.4 is 15.4 Å². The van der Waals surface area contributed by atoms with Crippen molar-refractivity contribution in [1.82, 2.24) is 30.6 Å². The number of H-pyrrole nitrogens is 2. The van der Waals surface area contributed by atoms with Gasteiger partial charge in [-0.1, -0.05) is 31.2 Å². The second-order valence-electron chi connectivity index (χ2n) is 9.20. The maximum absolute atomic E-state index is 6.02. The van der Waals surface area contributed by atoms with Crippen molar-refractivity contribution in [2.24, 2.45) is 0 Å². The van der Waals surface area contributed by atoms with Gasteiger partial charge in [-0.05, 0) is 80.2 Å². The molecule has 2 aromatic carbocycles. The van der Waals surface area contributed by atoms with Gasteiger partial charge in [0.2, 0.25) is 0 Å². The van der Waals surface area contributed by atoms with Gasteiger partial charge in [-0.15, -0.1) is 0 Å². The summed E-state index contributed by atoms with van der Waals surface area (Å²) in [6.07, 6.45) is 7.27. The van der Waals surface area contributed by atoms with Crippen LogP contribution in [-0.4, -0.2) is 33.0 Å². The molecule has 0 spiro atoms. The lowest BCUT2D eigenvalue weighted by molar-refractivity contribution is 0.306. The summed E-state index contributed by atoms with van der Waals surface area (Å²) in [5, 5.41) is 6.94. The highest BCUT2D eigenvalue weighted by molar-refractivity contribution is 5.60. The third-order valence-corrected chi connectivity index (χ3v) is 6.53. The van der Waals surface area contributed by atoms with E-state index < -0.39 is 0 Å². The van der Waals surface area contributed by atoms with Gasteiger partial charge in [0.05, 0.1) is 35.9 Å². The SMILES string of the molecule is CCCN[C@@H](C)c1ncc(-c2ccc(OCc3ccc(-c4cnc([C@@H]5CCCN5)[nH]4)cc3)cc2)[nH]1. The summed E-state index contributed by atoms with van der Waals surface area (Å²) in [4.78, 5) is 16.0. The first-order chi connectivity index (χ1) is 17.2. The van der Waals surface area contributed by atoms with Crippen molar-refractivity contribution < 1.29 is 4.74 Å². The highest BCUT2D eigenvalue weighted by atomic mass is 16.5. The number of nitrogens with zero attached hydrogens (tertiary/aromatic N) is 2. The molecule has 1 saturated heterocycles. The van der Waals surface area contributed by atoms with Crippen molar-refractivity contribution in [2.75, 3.05) is 13.1 Å². The Balaban J connectivity index is 1.16. The fraction of sp³-hybridized carbons (Fsp3) is 0.357. The molecule has 4 aromatic rings. The molecule has 7 nitrogen and oxygen atoms in total.